The standard InChI is InChI=1S/C18H20N2O/c1-12(16-8-4-5-9-17(16)19)20-18(21)15-10-13-6-2-3-7-14(13)11-15/h2-9,12,15H,10-11,19H2,1H3,(H,20,21). The van der Waals surface area contributed by atoms with Crippen molar-refractivity contribution in [2.45, 2.75) is 25.8 Å². The van der Waals surface area contributed by atoms with Crippen LogP contribution in [0.25, 0.3) is 0 Å². The molecule has 0 aliphatic heterocycles. The molecule has 1 aliphatic rings. The average molecular weight is 280 g/mol. The minimum Gasteiger partial charge on any atom is -0.398 e. The third-order valence-electron chi connectivity index (χ3n) is 4.24. The van der Waals surface area contributed by atoms with Crippen LogP contribution in [-0.2, 0) is 17.6 Å². The van der Waals surface area contributed by atoms with E-state index in [1.807, 2.05) is 43.3 Å². The fraction of sp³-hybridized carbons (Fsp3) is 0.278. The first-order valence-corrected chi connectivity index (χ1v) is 7.36. The summed E-state index contributed by atoms with van der Waals surface area (Å²) >= 11 is 0. The number of anilines is 1. The summed E-state index contributed by atoms with van der Waals surface area (Å²) in [6.07, 6.45) is 1.66. The van der Waals surface area contributed by atoms with Crippen LogP contribution in [0.5, 0.6) is 0 Å². The first-order chi connectivity index (χ1) is 10.1. The maximum absolute atomic E-state index is 12.5. The number of fused-ring (bicyclic) bond motifs is 1. The lowest BCUT2D eigenvalue weighted by Gasteiger charge is -2.18. The van der Waals surface area contributed by atoms with Gasteiger partial charge in [-0.15, -0.1) is 0 Å². The van der Waals surface area contributed by atoms with Crippen molar-refractivity contribution in [2.24, 2.45) is 5.92 Å². The second kappa shape index (κ2) is 5.60. The summed E-state index contributed by atoms with van der Waals surface area (Å²) in [7, 11) is 0. The summed E-state index contributed by atoms with van der Waals surface area (Å²) < 4.78 is 0. The van der Waals surface area contributed by atoms with Crippen LogP contribution < -0.4 is 11.1 Å². The van der Waals surface area contributed by atoms with Gasteiger partial charge in [0.15, 0.2) is 0 Å². The van der Waals surface area contributed by atoms with E-state index in [-0.39, 0.29) is 17.9 Å². The maximum atomic E-state index is 12.5. The summed E-state index contributed by atoms with van der Waals surface area (Å²) in [6, 6.07) is 15.9. The van der Waals surface area contributed by atoms with Crippen molar-refractivity contribution in [3.8, 4) is 0 Å². The zero-order valence-corrected chi connectivity index (χ0v) is 12.2. The molecule has 0 aromatic heterocycles. The molecule has 21 heavy (non-hydrogen) atoms. The first-order valence-electron chi connectivity index (χ1n) is 7.36. The van der Waals surface area contributed by atoms with E-state index in [0.29, 0.717) is 0 Å². The minimum absolute atomic E-state index is 0.0368. The largest absolute Gasteiger partial charge is 0.398 e. The van der Waals surface area contributed by atoms with Crippen LogP contribution in [0, 0.1) is 5.92 Å². The van der Waals surface area contributed by atoms with E-state index in [1.54, 1.807) is 0 Å². The number of benzene rings is 2. The molecule has 2 aromatic carbocycles. The van der Waals surface area contributed by atoms with Gasteiger partial charge in [-0.2, -0.15) is 0 Å². The number of amides is 1. The van der Waals surface area contributed by atoms with Gasteiger partial charge in [-0.1, -0.05) is 42.5 Å². The van der Waals surface area contributed by atoms with Gasteiger partial charge in [-0.3, -0.25) is 4.79 Å². The van der Waals surface area contributed by atoms with Gasteiger partial charge in [0, 0.05) is 11.6 Å². The number of nitrogens with two attached hydrogens (primary N) is 1. The summed E-state index contributed by atoms with van der Waals surface area (Å²) in [5, 5.41) is 3.09. The lowest BCUT2D eigenvalue weighted by atomic mass is 10.0. The van der Waals surface area contributed by atoms with Crippen LogP contribution in [0.4, 0.5) is 5.69 Å². The Morgan fingerprint density at radius 3 is 2.29 bits per heavy atom. The highest BCUT2D eigenvalue weighted by atomic mass is 16.1. The summed E-state index contributed by atoms with van der Waals surface area (Å²) in [6.45, 7) is 1.98. The van der Waals surface area contributed by atoms with Crippen molar-refractivity contribution >= 4 is 11.6 Å². The third kappa shape index (κ3) is 2.77. The van der Waals surface area contributed by atoms with Gasteiger partial charge in [-0.25, -0.2) is 0 Å². The number of rotatable bonds is 3. The average Bonchev–Trinajstić information content (AvgIpc) is 2.91. The second-order valence-electron chi connectivity index (χ2n) is 5.73. The van der Waals surface area contributed by atoms with E-state index in [2.05, 4.69) is 17.4 Å². The molecular weight excluding hydrogens is 260 g/mol. The lowest BCUT2D eigenvalue weighted by molar-refractivity contribution is -0.125. The van der Waals surface area contributed by atoms with Gasteiger partial charge in [0.1, 0.15) is 0 Å². The molecule has 0 fully saturated rings. The van der Waals surface area contributed by atoms with E-state index in [0.717, 1.165) is 24.1 Å². The van der Waals surface area contributed by atoms with Gasteiger partial charge >= 0.3 is 0 Å². The molecule has 3 N–H and O–H groups in total. The Kier molecular flexibility index (Phi) is 3.65. The molecule has 1 amide bonds. The third-order valence-corrected chi connectivity index (χ3v) is 4.24. The molecule has 1 aliphatic carbocycles. The highest BCUT2D eigenvalue weighted by molar-refractivity contribution is 5.81. The molecule has 1 unspecified atom stereocenters. The van der Waals surface area contributed by atoms with E-state index in [9.17, 15) is 4.79 Å². The topological polar surface area (TPSA) is 55.1 Å². The molecular formula is C18H20N2O. The molecule has 3 nitrogen and oxygen atoms in total. The van der Waals surface area contributed by atoms with E-state index in [4.69, 9.17) is 5.73 Å². The van der Waals surface area contributed by atoms with Crippen molar-refractivity contribution in [3.63, 3.8) is 0 Å². The van der Waals surface area contributed by atoms with Gasteiger partial charge in [0.25, 0.3) is 0 Å². The molecule has 108 valence electrons. The van der Waals surface area contributed by atoms with Crippen molar-refractivity contribution in [2.75, 3.05) is 5.73 Å². The molecule has 0 bridgehead atoms. The Labute approximate surface area is 125 Å². The summed E-state index contributed by atoms with van der Waals surface area (Å²) in [5.41, 5.74) is 10.3. The smallest absolute Gasteiger partial charge is 0.224 e. The van der Waals surface area contributed by atoms with E-state index < -0.39 is 0 Å². The van der Waals surface area contributed by atoms with Crippen molar-refractivity contribution in [3.05, 3.63) is 65.2 Å². The fourth-order valence-electron chi connectivity index (χ4n) is 3.06. The Morgan fingerprint density at radius 1 is 1.10 bits per heavy atom. The van der Waals surface area contributed by atoms with Gasteiger partial charge in [0.2, 0.25) is 5.91 Å². The number of carbonyl (C=O) groups is 1. The molecule has 0 saturated heterocycles. The molecule has 0 saturated carbocycles. The molecule has 3 rings (SSSR count). The van der Waals surface area contributed by atoms with Crippen LogP contribution in [0.2, 0.25) is 0 Å². The highest BCUT2D eigenvalue weighted by Crippen LogP contribution is 2.27. The fourth-order valence-corrected chi connectivity index (χ4v) is 3.06. The van der Waals surface area contributed by atoms with E-state index in [1.165, 1.54) is 11.1 Å². The number of para-hydroxylation sites is 1. The Balaban J connectivity index is 1.67. The maximum Gasteiger partial charge on any atom is 0.224 e. The Morgan fingerprint density at radius 2 is 1.67 bits per heavy atom. The Hall–Kier alpha value is -2.29. The normalized spacial score (nSPS) is 15.5. The van der Waals surface area contributed by atoms with Gasteiger partial charge in [-0.05, 0) is 42.5 Å². The lowest BCUT2D eigenvalue weighted by Crippen LogP contribution is -2.33. The predicted octanol–water partition coefficient (Wildman–Crippen LogP) is 2.86. The number of hydrogen-bond donors (Lipinski definition) is 2. The number of nitrogens with one attached hydrogen (secondary N) is 1. The quantitative estimate of drug-likeness (QED) is 0.849. The highest BCUT2D eigenvalue weighted by Gasteiger charge is 2.28. The molecule has 0 spiro atoms. The van der Waals surface area contributed by atoms with Crippen LogP contribution in [0.3, 0.4) is 0 Å². The first kappa shape index (κ1) is 13.7. The van der Waals surface area contributed by atoms with Crippen LogP contribution in [-0.4, -0.2) is 5.91 Å². The summed E-state index contributed by atoms with van der Waals surface area (Å²) in [4.78, 5) is 12.5. The molecule has 3 heteroatoms. The van der Waals surface area contributed by atoms with E-state index >= 15 is 0 Å². The van der Waals surface area contributed by atoms with Gasteiger partial charge < -0.3 is 11.1 Å². The van der Waals surface area contributed by atoms with Crippen LogP contribution in [0.15, 0.2) is 48.5 Å². The summed E-state index contributed by atoms with van der Waals surface area (Å²) in [5.74, 6) is 0.150. The van der Waals surface area contributed by atoms with Crippen molar-refractivity contribution in [1.29, 1.82) is 0 Å². The second-order valence-corrected chi connectivity index (χ2v) is 5.73. The zero-order valence-electron chi connectivity index (χ0n) is 12.2. The number of nitrogen functional groups attached to an aromatic ring is 1. The van der Waals surface area contributed by atoms with Crippen molar-refractivity contribution in [1.82, 2.24) is 5.32 Å². The minimum atomic E-state index is -0.0672. The van der Waals surface area contributed by atoms with Crippen LogP contribution in [0.1, 0.15) is 29.7 Å². The zero-order chi connectivity index (χ0) is 14.8. The predicted molar refractivity (Wildman–Crippen MR) is 84.8 cm³/mol. The van der Waals surface area contributed by atoms with Crippen LogP contribution >= 0.6 is 0 Å². The number of hydrogen-bond acceptors (Lipinski definition) is 2. The molecule has 2 aromatic rings. The SMILES string of the molecule is CC(NC(=O)C1Cc2ccccc2C1)c1ccccc1N. The molecule has 0 radical (unpaired) electrons. The number of carbonyl (C=O) groups excluding carboxylic acids is 1. The Bertz CT molecular complexity index is 641. The van der Waals surface area contributed by atoms with Crippen molar-refractivity contribution < 1.29 is 4.79 Å². The van der Waals surface area contributed by atoms with Gasteiger partial charge in [0.05, 0.1) is 6.04 Å². The molecule has 1 atom stereocenters. The monoisotopic (exact) mass is 280 g/mol. The molecule has 0 heterocycles.